The summed E-state index contributed by atoms with van der Waals surface area (Å²) in [4.78, 5) is 27.1. The lowest BCUT2D eigenvalue weighted by atomic mass is 10.0. The van der Waals surface area contributed by atoms with Gasteiger partial charge in [0.05, 0.1) is 11.0 Å². The van der Waals surface area contributed by atoms with E-state index in [-0.39, 0.29) is 11.5 Å². The minimum absolute atomic E-state index is 0.0803. The van der Waals surface area contributed by atoms with Crippen LogP contribution in [0.15, 0.2) is 47.3 Å². The van der Waals surface area contributed by atoms with Crippen LogP contribution in [0.3, 0.4) is 0 Å². The first-order valence-corrected chi connectivity index (χ1v) is 10.8. The quantitative estimate of drug-likeness (QED) is 0.474. The van der Waals surface area contributed by atoms with Crippen LogP contribution in [0.2, 0.25) is 5.02 Å². The van der Waals surface area contributed by atoms with Crippen molar-refractivity contribution in [3.63, 3.8) is 0 Å². The predicted molar refractivity (Wildman–Crippen MR) is 124 cm³/mol. The lowest BCUT2D eigenvalue weighted by Gasteiger charge is -2.24. The van der Waals surface area contributed by atoms with Gasteiger partial charge in [-0.2, -0.15) is 0 Å². The number of halogens is 1. The molecule has 1 heterocycles. The summed E-state index contributed by atoms with van der Waals surface area (Å²) in [7, 11) is 5.60. The highest BCUT2D eigenvalue weighted by Gasteiger charge is 2.14. The number of nitrogens with zero attached hydrogens (tertiary/aromatic N) is 3. The molecule has 1 atom stereocenters. The standard InChI is InChI=1S/C24H30ClN3O2/c1-17(26(2)15-14-18-9-5-6-10-20(18)25)8-7-11-23(29)19-12-13-21-22(16-19)28(4)24(30)27(21)3/h5-6,9-10,12-13,16-17H,7-8,11,14-15H2,1-4H3. The Morgan fingerprint density at radius 1 is 1.10 bits per heavy atom. The fourth-order valence-electron chi connectivity index (χ4n) is 3.82. The third-order valence-electron chi connectivity index (χ3n) is 6.06. The van der Waals surface area contributed by atoms with Crippen molar-refractivity contribution >= 4 is 28.4 Å². The van der Waals surface area contributed by atoms with Crippen molar-refractivity contribution in [2.75, 3.05) is 13.6 Å². The third kappa shape index (κ3) is 4.85. The molecule has 0 bridgehead atoms. The fraction of sp³-hybridized carbons (Fsp3) is 0.417. The molecule has 6 heteroatoms. The van der Waals surface area contributed by atoms with Gasteiger partial charge in [0, 0.05) is 43.7 Å². The van der Waals surface area contributed by atoms with Crippen molar-refractivity contribution in [3.8, 4) is 0 Å². The van der Waals surface area contributed by atoms with E-state index >= 15 is 0 Å². The highest BCUT2D eigenvalue weighted by molar-refractivity contribution is 6.31. The number of rotatable bonds is 9. The molecule has 0 fully saturated rings. The first-order chi connectivity index (χ1) is 14.3. The van der Waals surface area contributed by atoms with Gasteiger partial charge < -0.3 is 4.90 Å². The van der Waals surface area contributed by atoms with Crippen LogP contribution < -0.4 is 5.69 Å². The molecule has 160 valence electrons. The van der Waals surface area contributed by atoms with Crippen LogP contribution in [0.5, 0.6) is 0 Å². The molecule has 0 aliphatic rings. The molecule has 0 radical (unpaired) electrons. The average molecular weight is 428 g/mol. The number of carbonyl (C=O) groups excluding carboxylic acids is 1. The molecule has 0 aliphatic heterocycles. The van der Waals surface area contributed by atoms with E-state index in [2.05, 4.69) is 24.9 Å². The molecule has 30 heavy (non-hydrogen) atoms. The molecule has 2 aromatic carbocycles. The summed E-state index contributed by atoms with van der Waals surface area (Å²) in [6, 6.07) is 13.9. The van der Waals surface area contributed by atoms with Crippen molar-refractivity contribution in [1.82, 2.24) is 14.0 Å². The lowest BCUT2D eigenvalue weighted by Crippen LogP contribution is -2.31. The topological polar surface area (TPSA) is 47.2 Å². The van der Waals surface area contributed by atoms with Crippen molar-refractivity contribution in [1.29, 1.82) is 0 Å². The smallest absolute Gasteiger partial charge is 0.303 e. The van der Waals surface area contributed by atoms with Gasteiger partial charge in [0.2, 0.25) is 0 Å². The number of imidazole rings is 1. The number of carbonyl (C=O) groups is 1. The molecule has 1 unspecified atom stereocenters. The lowest BCUT2D eigenvalue weighted by molar-refractivity contribution is 0.0976. The zero-order valence-corrected chi connectivity index (χ0v) is 18.9. The molecule has 5 nitrogen and oxygen atoms in total. The molecule has 0 saturated heterocycles. The summed E-state index contributed by atoms with van der Waals surface area (Å²) < 4.78 is 3.19. The minimum Gasteiger partial charge on any atom is -0.303 e. The summed E-state index contributed by atoms with van der Waals surface area (Å²) in [6.45, 7) is 3.13. The van der Waals surface area contributed by atoms with Crippen molar-refractivity contribution in [3.05, 3.63) is 69.1 Å². The van der Waals surface area contributed by atoms with Crippen LogP contribution >= 0.6 is 11.6 Å². The zero-order chi connectivity index (χ0) is 21.8. The van der Waals surface area contributed by atoms with Crippen molar-refractivity contribution in [2.24, 2.45) is 14.1 Å². The van der Waals surface area contributed by atoms with E-state index in [1.807, 2.05) is 36.4 Å². The van der Waals surface area contributed by atoms with Gasteiger partial charge >= 0.3 is 5.69 Å². The van der Waals surface area contributed by atoms with Gasteiger partial charge in [-0.05, 0) is 63.1 Å². The largest absolute Gasteiger partial charge is 0.328 e. The Bertz CT molecular complexity index is 1100. The van der Waals surface area contributed by atoms with Gasteiger partial charge in [0.15, 0.2) is 5.78 Å². The summed E-state index contributed by atoms with van der Waals surface area (Å²) >= 11 is 6.24. The van der Waals surface area contributed by atoms with E-state index in [0.717, 1.165) is 41.9 Å². The summed E-state index contributed by atoms with van der Waals surface area (Å²) in [5, 5.41) is 0.817. The van der Waals surface area contributed by atoms with E-state index in [1.54, 1.807) is 23.2 Å². The number of hydrogen-bond donors (Lipinski definition) is 0. The maximum atomic E-state index is 12.7. The highest BCUT2D eigenvalue weighted by atomic mass is 35.5. The third-order valence-corrected chi connectivity index (χ3v) is 6.43. The van der Waals surface area contributed by atoms with E-state index in [4.69, 9.17) is 11.6 Å². The Labute approximate surface area is 182 Å². The Morgan fingerprint density at radius 3 is 2.53 bits per heavy atom. The number of fused-ring (bicyclic) bond motifs is 1. The van der Waals surface area contributed by atoms with Gasteiger partial charge in [-0.15, -0.1) is 0 Å². The van der Waals surface area contributed by atoms with E-state index in [1.165, 1.54) is 5.56 Å². The molecule has 3 rings (SSSR count). The van der Waals surface area contributed by atoms with Gasteiger partial charge in [0.25, 0.3) is 0 Å². The van der Waals surface area contributed by atoms with Crippen molar-refractivity contribution in [2.45, 2.75) is 38.6 Å². The number of likely N-dealkylation sites (N-methyl/N-ethyl adjacent to an activating group) is 1. The number of aromatic nitrogens is 2. The molecular weight excluding hydrogens is 398 g/mol. The van der Waals surface area contributed by atoms with Crippen molar-refractivity contribution < 1.29 is 4.79 Å². The molecule has 0 amide bonds. The molecular formula is C24H30ClN3O2. The second kappa shape index (κ2) is 9.63. The van der Waals surface area contributed by atoms with Crippen LogP contribution in [0, 0.1) is 0 Å². The Kier molecular flexibility index (Phi) is 7.16. The summed E-state index contributed by atoms with van der Waals surface area (Å²) in [5.41, 5.74) is 3.39. The van der Waals surface area contributed by atoms with E-state index < -0.39 is 0 Å². The molecule has 3 aromatic rings. The summed E-state index contributed by atoms with van der Waals surface area (Å²) in [5.74, 6) is 0.124. The Balaban J connectivity index is 1.51. The second-order valence-electron chi connectivity index (χ2n) is 8.09. The number of hydrogen-bond acceptors (Lipinski definition) is 3. The van der Waals surface area contributed by atoms with Gasteiger partial charge in [-0.1, -0.05) is 29.8 Å². The maximum absolute atomic E-state index is 12.7. The van der Waals surface area contributed by atoms with Crippen LogP contribution in [-0.2, 0) is 20.5 Å². The number of benzene rings is 2. The second-order valence-corrected chi connectivity index (χ2v) is 8.50. The first-order valence-electron chi connectivity index (χ1n) is 10.4. The fourth-order valence-corrected chi connectivity index (χ4v) is 4.05. The Morgan fingerprint density at radius 2 is 1.80 bits per heavy atom. The molecule has 0 aliphatic carbocycles. The number of aryl methyl sites for hydroxylation is 2. The van der Waals surface area contributed by atoms with Crippen LogP contribution in [0.1, 0.15) is 42.1 Å². The van der Waals surface area contributed by atoms with Gasteiger partial charge in [-0.3, -0.25) is 13.9 Å². The zero-order valence-electron chi connectivity index (χ0n) is 18.2. The highest BCUT2D eigenvalue weighted by Crippen LogP contribution is 2.18. The maximum Gasteiger partial charge on any atom is 0.328 e. The first kappa shape index (κ1) is 22.3. The monoisotopic (exact) mass is 427 g/mol. The van der Waals surface area contributed by atoms with Gasteiger partial charge in [-0.25, -0.2) is 4.79 Å². The SMILES string of the molecule is CC(CCCC(=O)c1ccc2c(c1)n(C)c(=O)n2C)N(C)CCc1ccccc1Cl. The van der Waals surface area contributed by atoms with Crippen LogP contribution in [0.4, 0.5) is 0 Å². The number of Topliss-reactive ketones (excluding diaryl/α,β-unsaturated/α-hetero) is 1. The average Bonchev–Trinajstić information content (AvgIpc) is 2.96. The normalized spacial score (nSPS) is 12.6. The molecule has 1 aromatic heterocycles. The van der Waals surface area contributed by atoms with E-state index in [9.17, 15) is 9.59 Å². The Hall–Kier alpha value is -2.37. The molecule has 0 spiro atoms. The molecule has 0 N–H and O–H groups in total. The number of ketones is 1. The minimum atomic E-state index is -0.0803. The van der Waals surface area contributed by atoms with Crippen LogP contribution in [-0.4, -0.2) is 39.5 Å². The predicted octanol–water partition coefficient (Wildman–Crippen LogP) is 4.45. The van der Waals surface area contributed by atoms with Gasteiger partial charge in [0.1, 0.15) is 0 Å². The summed E-state index contributed by atoms with van der Waals surface area (Å²) in [6.07, 6.45) is 3.21. The van der Waals surface area contributed by atoms with E-state index in [0.29, 0.717) is 18.0 Å². The van der Waals surface area contributed by atoms with Crippen LogP contribution in [0.25, 0.3) is 11.0 Å². The molecule has 0 saturated carbocycles.